The molecule has 0 bridgehead atoms. The van der Waals surface area contributed by atoms with Gasteiger partial charge >= 0.3 is 7.12 Å². The van der Waals surface area contributed by atoms with Crippen LogP contribution in [0.15, 0.2) is 24.3 Å². The van der Waals surface area contributed by atoms with E-state index in [-0.39, 0.29) is 21.1 Å². The second-order valence-electron chi connectivity index (χ2n) is 2.23. The van der Waals surface area contributed by atoms with Crippen molar-refractivity contribution in [2.45, 2.75) is 0 Å². The van der Waals surface area contributed by atoms with Crippen LogP contribution in [0.25, 0.3) is 0 Å². The Morgan fingerprint density at radius 3 is 2.08 bits per heavy atom. The summed E-state index contributed by atoms with van der Waals surface area (Å²) in [7, 11) is -0.814. The first-order valence-corrected chi connectivity index (χ1v) is 3.35. The van der Waals surface area contributed by atoms with Crippen LogP contribution in [-0.2, 0) is 30.6 Å². The van der Waals surface area contributed by atoms with Crippen LogP contribution in [-0.4, -0.2) is 7.12 Å². The molecule has 0 saturated heterocycles. The minimum atomic E-state index is -0.814. The van der Waals surface area contributed by atoms with Crippen molar-refractivity contribution in [2.75, 3.05) is 5.73 Å². The third-order valence-electron chi connectivity index (χ3n) is 1.50. The fourth-order valence-corrected chi connectivity index (χ4v) is 0.904. The average molecular weight is 362 g/mol. The minimum absolute atomic E-state index is 0. The Bertz CT molecular complexity index is 259. The van der Waals surface area contributed by atoms with Crippen molar-refractivity contribution >= 4 is 18.3 Å². The number of para-hydroxylation sites is 1. The molecule has 74 valence electrons. The SMILES string of the molecule is NOB(ON)c1ccccc1N.[Pt]. The van der Waals surface area contributed by atoms with Gasteiger partial charge in [-0.15, -0.1) is 0 Å². The van der Waals surface area contributed by atoms with Crippen molar-refractivity contribution in [3.63, 3.8) is 0 Å². The summed E-state index contributed by atoms with van der Waals surface area (Å²) in [6, 6.07) is 7.01. The quantitative estimate of drug-likeness (QED) is 0.355. The van der Waals surface area contributed by atoms with Crippen LogP contribution in [0.5, 0.6) is 0 Å². The van der Waals surface area contributed by atoms with Gasteiger partial charge in [-0.1, -0.05) is 18.2 Å². The van der Waals surface area contributed by atoms with Crippen LogP contribution in [0.4, 0.5) is 5.69 Å². The summed E-state index contributed by atoms with van der Waals surface area (Å²) in [6.07, 6.45) is 0. The maximum atomic E-state index is 5.60. The molecule has 0 aliphatic rings. The zero-order chi connectivity index (χ0) is 8.97. The van der Waals surface area contributed by atoms with Crippen LogP contribution in [0.1, 0.15) is 0 Å². The number of nitrogens with two attached hydrogens (primary N) is 3. The Balaban J connectivity index is 0.00000144. The first-order chi connectivity index (χ1) is 5.79. The molecule has 0 aliphatic carbocycles. The maximum Gasteiger partial charge on any atom is 0.530 e. The average Bonchev–Trinajstić information content (AvgIpc) is 2.10. The molecule has 0 atom stereocenters. The summed E-state index contributed by atoms with van der Waals surface area (Å²) in [4.78, 5) is 0. The van der Waals surface area contributed by atoms with Crippen LogP contribution in [0, 0.1) is 0 Å². The third-order valence-corrected chi connectivity index (χ3v) is 1.50. The normalized spacial score (nSPS) is 9.08. The Kier molecular flexibility index (Phi) is 5.94. The van der Waals surface area contributed by atoms with E-state index in [4.69, 9.17) is 17.5 Å². The monoisotopic (exact) mass is 362 g/mol. The molecule has 0 heterocycles. The van der Waals surface area contributed by atoms with Gasteiger partial charge in [0.15, 0.2) is 0 Å². The summed E-state index contributed by atoms with van der Waals surface area (Å²) >= 11 is 0. The van der Waals surface area contributed by atoms with Gasteiger partial charge in [-0.25, -0.2) is 11.8 Å². The van der Waals surface area contributed by atoms with Gasteiger partial charge in [0.25, 0.3) is 0 Å². The van der Waals surface area contributed by atoms with Gasteiger partial charge in [-0.3, -0.25) is 0 Å². The number of hydrogen-bond donors (Lipinski definition) is 3. The summed E-state index contributed by atoms with van der Waals surface area (Å²) in [6.45, 7) is 0. The molecule has 0 radical (unpaired) electrons. The van der Waals surface area contributed by atoms with Crippen LogP contribution in [0.3, 0.4) is 0 Å². The van der Waals surface area contributed by atoms with Crippen molar-refractivity contribution in [1.82, 2.24) is 0 Å². The molecule has 7 heteroatoms. The molecule has 0 aliphatic heterocycles. The Hall–Kier alpha value is -0.387. The second-order valence-corrected chi connectivity index (χ2v) is 2.23. The molecule has 6 N–H and O–H groups in total. The fraction of sp³-hybridized carbons (Fsp3) is 0. The largest absolute Gasteiger partial charge is 0.530 e. The van der Waals surface area contributed by atoms with Crippen molar-refractivity contribution in [1.29, 1.82) is 0 Å². The van der Waals surface area contributed by atoms with Gasteiger partial charge in [-0.05, 0) is 6.07 Å². The fourth-order valence-electron chi connectivity index (χ4n) is 0.904. The molecule has 1 aromatic carbocycles. The predicted molar refractivity (Wildman–Crippen MR) is 46.8 cm³/mol. The number of anilines is 1. The number of hydrogen-bond acceptors (Lipinski definition) is 5. The molecule has 1 rings (SSSR count). The Morgan fingerprint density at radius 2 is 1.62 bits per heavy atom. The van der Waals surface area contributed by atoms with Crippen LogP contribution < -0.4 is 23.0 Å². The van der Waals surface area contributed by atoms with E-state index in [1.165, 1.54) is 0 Å². The molecule has 0 aromatic heterocycles. The van der Waals surface area contributed by atoms with Crippen LogP contribution >= 0.6 is 0 Å². The Labute approximate surface area is 90.9 Å². The second kappa shape index (κ2) is 6.13. The van der Waals surface area contributed by atoms with Gasteiger partial charge in [0.1, 0.15) is 0 Å². The van der Waals surface area contributed by atoms with E-state index in [1.54, 1.807) is 24.3 Å². The topological polar surface area (TPSA) is 96.5 Å². The predicted octanol–water partition coefficient (Wildman–Crippen LogP) is -1.26. The minimum Gasteiger partial charge on any atom is -0.399 e. The van der Waals surface area contributed by atoms with E-state index in [1.807, 2.05) is 0 Å². The van der Waals surface area contributed by atoms with E-state index in [0.29, 0.717) is 11.2 Å². The molecule has 5 nitrogen and oxygen atoms in total. The molecule has 1 aromatic rings. The van der Waals surface area contributed by atoms with Gasteiger partial charge in [-0.2, -0.15) is 0 Å². The smallest absolute Gasteiger partial charge is 0.399 e. The molecule has 0 saturated carbocycles. The van der Waals surface area contributed by atoms with Gasteiger partial charge in [0, 0.05) is 32.2 Å². The standard InChI is InChI=1S/C6H10BN3O2.Pt/c8-6-4-2-1-3-5(6)7(11-9)12-10;/h1-4H,8-10H2;. The van der Waals surface area contributed by atoms with E-state index >= 15 is 0 Å². The Morgan fingerprint density at radius 1 is 1.08 bits per heavy atom. The summed E-state index contributed by atoms with van der Waals surface area (Å²) in [5.74, 6) is 9.85. The van der Waals surface area contributed by atoms with Crippen molar-refractivity contribution in [3.05, 3.63) is 24.3 Å². The number of nitrogen functional groups attached to an aromatic ring is 1. The number of rotatable bonds is 3. The van der Waals surface area contributed by atoms with Crippen molar-refractivity contribution in [2.24, 2.45) is 11.8 Å². The molecule has 0 unspecified atom stereocenters. The van der Waals surface area contributed by atoms with Crippen LogP contribution in [0.2, 0.25) is 0 Å². The van der Waals surface area contributed by atoms with Gasteiger partial charge < -0.3 is 15.2 Å². The van der Waals surface area contributed by atoms with E-state index < -0.39 is 7.12 Å². The van der Waals surface area contributed by atoms with Gasteiger partial charge in [0.05, 0.1) is 0 Å². The summed E-state index contributed by atoms with van der Waals surface area (Å²) in [5.41, 5.74) is 6.74. The molecule has 0 spiro atoms. The zero-order valence-electron chi connectivity index (χ0n) is 6.75. The first-order valence-electron chi connectivity index (χ1n) is 3.35. The molecular weight excluding hydrogens is 352 g/mol. The summed E-state index contributed by atoms with van der Waals surface area (Å²) < 4.78 is 8.88. The molecular formula is C6H10BN3O2Pt. The first kappa shape index (κ1) is 12.6. The van der Waals surface area contributed by atoms with E-state index in [9.17, 15) is 0 Å². The summed E-state index contributed by atoms with van der Waals surface area (Å²) in [5, 5.41) is 0. The van der Waals surface area contributed by atoms with Crippen molar-refractivity contribution < 1.29 is 30.6 Å². The number of benzene rings is 1. The van der Waals surface area contributed by atoms with E-state index in [2.05, 4.69) is 9.51 Å². The van der Waals surface area contributed by atoms with E-state index in [0.717, 1.165) is 0 Å². The van der Waals surface area contributed by atoms with Gasteiger partial charge in [0.2, 0.25) is 0 Å². The third kappa shape index (κ3) is 3.10. The molecule has 0 amide bonds. The maximum absolute atomic E-state index is 5.60. The molecule has 13 heavy (non-hydrogen) atoms. The van der Waals surface area contributed by atoms with Crippen molar-refractivity contribution in [3.8, 4) is 0 Å². The molecule has 0 fully saturated rings. The zero-order valence-corrected chi connectivity index (χ0v) is 9.02.